The summed E-state index contributed by atoms with van der Waals surface area (Å²) in [6, 6.07) is 15.5. The molecule has 0 aliphatic heterocycles. The highest BCUT2D eigenvalue weighted by Crippen LogP contribution is 2.09. The molecule has 0 fully saturated rings. The zero-order valence-corrected chi connectivity index (χ0v) is 14.7. The fourth-order valence-corrected chi connectivity index (χ4v) is 2.22. The number of carbonyl (C=O) groups is 2. The van der Waals surface area contributed by atoms with Crippen LogP contribution in [0.15, 0.2) is 59.7 Å². The van der Waals surface area contributed by atoms with Crippen LogP contribution in [0.3, 0.4) is 0 Å². The van der Waals surface area contributed by atoms with Gasteiger partial charge in [0.25, 0.3) is 0 Å². The molecule has 2 aromatic carbocycles. The summed E-state index contributed by atoms with van der Waals surface area (Å²) < 4.78 is 12.8. The third-order valence-corrected chi connectivity index (χ3v) is 3.70. The van der Waals surface area contributed by atoms with Gasteiger partial charge in [-0.25, -0.2) is 9.82 Å². The van der Waals surface area contributed by atoms with Crippen molar-refractivity contribution in [2.45, 2.75) is 32.6 Å². The molecule has 2 N–H and O–H groups in total. The van der Waals surface area contributed by atoms with Gasteiger partial charge in [-0.05, 0) is 49.6 Å². The number of nitrogens with zero attached hydrogens (tertiary/aromatic N) is 1. The number of nitrogens with one attached hydrogen (secondary N) is 2. The molecule has 0 aliphatic carbocycles. The summed E-state index contributed by atoms with van der Waals surface area (Å²) >= 11 is 0. The molecule has 26 heavy (non-hydrogen) atoms. The summed E-state index contributed by atoms with van der Waals surface area (Å²) in [4.78, 5) is 23.6. The van der Waals surface area contributed by atoms with Gasteiger partial charge < -0.3 is 5.32 Å². The zero-order chi connectivity index (χ0) is 18.8. The number of carbonyl (C=O) groups excluding carboxylic acids is 2. The molecule has 0 radical (unpaired) electrons. The highest BCUT2D eigenvalue weighted by molar-refractivity contribution is 5.93. The van der Waals surface area contributed by atoms with E-state index in [-0.39, 0.29) is 30.5 Å². The van der Waals surface area contributed by atoms with E-state index in [1.54, 1.807) is 0 Å². The summed E-state index contributed by atoms with van der Waals surface area (Å²) in [6.07, 6.45) is 1.66. The van der Waals surface area contributed by atoms with E-state index in [9.17, 15) is 14.0 Å². The highest BCUT2D eigenvalue weighted by Gasteiger charge is 2.07. The first-order valence-corrected chi connectivity index (χ1v) is 8.44. The van der Waals surface area contributed by atoms with Gasteiger partial charge in [-0.1, -0.05) is 30.3 Å². The second kappa shape index (κ2) is 10.1. The number of hydrogen-bond acceptors (Lipinski definition) is 3. The Morgan fingerprint density at radius 3 is 2.27 bits per heavy atom. The lowest BCUT2D eigenvalue weighted by molar-refractivity contribution is -0.124. The predicted octanol–water partition coefficient (Wildman–Crippen LogP) is 3.67. The first kappa shape index (κ1) is 19.3. The Morgan fingerprint density at radius 2 is 1.58 bits per heavy atom. The Kier molecular flexibility index (Phi) is 7.49. The van der Waals surface area contributed by atoms with Gasteiger partial charge in [-0.2, -0.15) is 5.10 Å². The minimum absolute atomic E-state index is 0.0296. The van der Waals surface area contributed by atoms with Crippen molar-refractivity contribution >= 4 is 23.2 Å². The van der Waals surface area contributed by atoms with Crippen LogP contribution in [0.1, 0.15) is 31.7 Å². The Morgan fingerprint density at radius 1 is 0.923 bits per heavy atom. The molecule has 6 heteroatoms. The Labute approximate surface area is 152 Å². The van der Waals surface area contributed by atoms with E-state index in [4.69, 9.17) is 0 Å². The zero-order valence-electron chi connectivity index (χ0n) is 14.7. The molecule has 0 aliphatic rings. The molecule has 0 aromatic heterocycles. The average molecular weight is 355 g/mol. The molecule has 2 aromatic rings. The standard InChI is InChI=1S/C20H22FN3O2/c1-15(7-8-16-5-3-2-4-6-16)23-24-20(26)14-13-19(25)22-18-11-9-17(21)10-12-18/h2-6,9-12H,7-8,13-14H2,1H3,(H,22,25)(H,24,26). The average Bonchev–Trinajstić information content (AvgIpc) is 2.65. The first-order chi connectivity index (χ1) is 12.5. The summed E-state index contributed by atoms with van der Waals surface area (Å²) in [5.41, 5.74) is 4.99. The largest absolute Gasteiger partial charge is 0.326 e. The number of rotatable bonds is 8. The van der Waals surface area contributed by atoms with E-state index >= 15 is 0 Å². The molecule has 2 amide bonds. The van der Waals surface area contributed by atoms with Crippen molar-refractivity contribution in [1.29, 1.82) is 0 Å². The van der Waals surface area contributed by atoms with Gasteiger partial charge >= 0.3 is 0 Å². The summed E-state index contributed by atoms with van der Waals surface area (Å²) in [5.74, 6) is -1.00. The van der Waals surface area contributed by atoms with Crippen molar-refractivity contribution in [2.24, 2.45) is 5.10 Å². The van der Waals surface area contributed by atoms with Gasteiger partial charge in [0.1, 0.15) is 5.82 Å². The molecule has 0 heterocycles. The van der Waals surface area contributed by atoms with E-state index in [2.05, 4.69) is 15.8 Å². The number of hydrazone groups is 1. The summed E-state index contributed by atoms with van der Waals surface area (Å²) in [5, 5.41) is 6.66. The summed E-state index contributed by atoms with van der Waals surface area (Å²) in [7, 11) is 0. The normalized spacial score (nSPS) is 11.1. The Balaban J connectivity index is 1.67. The highest BCUT2D eigenvalue weighted by atomic mass is 19.1. The number of amides is 2. The van der Waals surface area contributed by atoms with Crippen molar-refractivity contribution in [3.8, 4) is 0 Å². The topological polar surface area (TPSA) is 70.6 Å². The third-order valence-electron chi connectivity index (χ3n) is 3.70. The van der Waals surface area contributed by atoms with Gasteiger partial charge in [-0.15, -0.1) is 0 Å². The smallest absolute Gasteiger partial charge is 0.240 e. The molecule has 5 nitrogen and oxygen atoms in total. The van der Waals surface area contributed by atoms with Crippen molar-refractivity contribution in [3.63, 3.8) is 0 Å². The van der Waals surface area contributed by atoms with Gasteiger partial charge in [0.05, 0.1) is 0 Å². The van der Waals surface area contributed by atoms with Crippen molar-refractivity contribution in [1.82, 2.24) is 5.43 Å². The minimum Gasteiger partial charge on any atom is -0.326 e. The van der Waals surface area contributed by atoms with E-state index < -0.39 is 0 Å². The number of hydrogen-bond donors (Lipinski definition) is 2. The molecule has 0 atom stereocenters. The fourth-order valence-electron chi connectivity index (χ4n) is 2.22. The van der Waals surface area contributed by atoms with E-state index in [1.807, 2.05) is 37.3 Å². The van der Waals surface area contributed by atoms with Crippen LogP contribution in [0.25, 0.3) is 0 Å². The SMILES string of the molecule is CC(CCc1ccccc1)=NNC(=O)CCC(=O)Nc1ccc(F)cc1. The van der Waals surface area contributed by atoms with Crippen LogP contribution in [0.4, 0.5) is 10.1 Å². The Hall–Kier alpha value is -3.02. The molecular weight excluding hydrogens is 333 g/mol. The van der Waals surface area contributed by atoms with Crippen molar-refractivity contribution < 1.29 is 14.0 Å². The van der Waals surface area contributed by atoms with Crippen LogP contribution in [0, 0.1) is 5.82 Å². The van der Waals surface area contributed by atoms with Gasteiger partial charge in [0, 0.05) is 24.2 Å². The number of aryl methyl sites for hydroxylation is 1. The minimum atomic E-state index is -0.372. The van der Waals surface area contributed by atoms with E-state index in [0.29, 0.717) is 5.69 Å². The van der Waals surface area contributed by atoms with Crippen LogP contribution < -0.4 is 10.7 Å². The quantitative estimate of drug-likeness (QED) is 0.560. The molecular formula is C20H22FN3O2. The lowest BCUT2D eigenvalue weighted by Gasteiger charge is -2.05. The van der Waals surface area contributed by atoms with Crippen molar-refractivity contribution in [3.05, 3.63) is 66.0 Å². The molecule has 0 unspecified atom stereocenters. The number of benzene rings is 2. The molecule has 0 spiro atoms. The fraction of sp³-hybridized carbons (Fsp3) is 0.250. The molecule has 136 valence electrons. The maximum Gasteiger partial charge on any atom is 0.240 e. The second-order valence-corrected chi connectivity index (χ2v) is 5.92. The molecule has 0 saturated carbocycles. The lowest BCUT2D eigenvalue weighted by Crippen LogP contribution is -2.21. The van der Waals surface area contributed by atoms with Gasteiger partial charge in [0.2, 0.25) is 11.8 Å². The third kappa shape index (κ3) is 7.25. The lowest BCUT2D eigenvalue weighted by atomic mass is 10.1. The maximum atomic E-state index is 12.8. The second-order valence-electron chi connectivity index (χ2n) is 5.92. The maximum absolute atomic E-state index is 12.8. The number of anilines is 1. The molecule has 0 bridgehead atoms. The Bertz CT molecular complexity index is 758. The van der Waals surface area contributed by atoms with Crippen LogP contribution >= 0.6 is 0 Å². The summed E-state index contributed by atoms with van der Waals surface area (Å²) in [6.45, 7) is 1.85. The van der Waals surface area contributed by atoms with Crippen LogP contribution in [0.2, 0.25) is 0 Å². The first-order valence-electron chi connectivity index (χ1n) is 8.44. The van der Waals surface area contributed by atoms with Gasteiger partial charge in [0.15, 0.2) is 0 Å². The van der Waals surface area contributed by atoms with E-state index in [0.717, 1.165) is 18.6 Å². The van der Waals surface area contributed by atoms with Gasteiger partial charge in [-0.3, -0.25) is 9.59 Å². The predicted molar refractivity (Wildman–Crippen MR) is 100 cm³/mol. The van der Waals surface area contributed by atoms with Crippen molar-refractivity contribution in [2.75, 3.05) is 5.32 Å². The molecule has 2 rings (SSSR count). The number of halogens is 1. The van der Waals surface area contributed by atoms with Crippen LogP contribution in [-0.2, 0) is 16.0 Å². The van der Waals surface area contributed by atoms with E-state index in [1.165, 1.54) is 29.8 Å². The van der Waals surface area contributed by atoms with Crippen LogP contribution in [-0.4, -0.2) is 17.5 Å². The monoisotopic (exact) mass is 355 g/mol. The molecule has 0 saturated heterocycles. The van der Waals surface area contributed by atoms with Crippen LogP contribution in [0.5, 0.6) is 0 Å².